The van der Waals surface area contributed by atoms with E-state index < -0.39 is 11.8 Å². The first kappa shape index (κ1) is 20.6. The van der Waals surface area contributed by atoms with Crippen LogP contribution < -0.4 is 20.1 Å². The van der Waals surface area contributed by atoms with Crippen molar-refractivity contribution in [3.05, 3.63) is 47.0 Å². The monoisotopic (exact) mass is 390 g/mol. The van der Waals surface area contributed by atoms with Crippen LogP contribution in [0.25, 0.3) is 0 Å². The quantitative estimate of drug-likeness (QED) is 0.686. The highest BCUT2D eigenvalue weighted by Crippen LogP contribution is 2.31. The zero-order valence-corrected chi connectivity index (χ0v) is 16.5. The van der Waals surface area contributed by atoms with Gasteiger partial charge in [-0.25, -0.2) is 0 Å². The summed E-state index contributed by atoms with van der Waals surface area (Å²) in [6.07, 6.45) is -0.252. The molecule has 2 amide bonds. The van der Waals surface area contributed by atoms with Crippen molar-refractivity contribution >= 4 is 34.8 Å². The second-order valence-electron chi connectivity index (χ2n) is 6.27. The lowest BCUT2D eigenvalue weighted by Crippen LogP contribution is -2.21. The molecule has 2 aromatic carbocycles. The van der Waals surface area contributed by atoms with E-state index in [1.807, 2.05) is 20.8 Å². The Morgan fingerprint density at radius 3 is 2.30 bits per heavy atom. The normalized spacial score (nSPS) is 10.4. The van der Waals surface area contributed by atoms with Crippen molar-refractivity contribution in [3.63, 3.8) is 0 Å². The number of aryl methyl sites for hydroxylation is 1. The second-order valence-corrected chi connectivity index (χ2v) is 6.67. The van der Waals surface area contributed by atoms with Crippen molar-refractivity contribution in [2.45, 2.75) is 33.3 Å². The predicted octanol–water partition coefficient (Wildman–Crippen LogP) is 4.41. The maximum Gasteiger partial charge on any atom is 0.233 e. The van der Waals surface area contributed by atoms with Crippen molar-refractivity contribution < 1.29 is 19.1 Å². The van der Waals surface area contributed by atoms with Crippen molar-refractivity contribution in [2.24, 2.45) is 0 Å². The van der Waals surface area contributed by atoms with Crippen LogP contribution in [0.4, 0.5) is 11.4 Å². The minimum atomic E-state index is -0.452. The summed E-state index contributed by atoms with van der Waals surface area (Å²) in [4.78, 5) is 24.3. The van der Waals surface area contributed by atoms with Crippen LogP contribution in [0.1, 0.15) is 25.8 Å². The number of carbonyl (C=O) groups excluding carboxylic acids is 2. The molecule has 144 valence electrons. The van der Waals surface area contributed by atoms with Gasteiger partial charge in [0, 0.05) is 16.8 Å². The third-order valence-corrected chi connectivity index (χ3v) is 3.99. The lowest BCUT2D eigenvalue weighted by molar-refractivity contribution is -0.123. The van der Waals surface area contributed by atoms with Crippen molar-refractivity contribution in [1.29, 1.82) is 0 Å². The van der Waals surface area contributed by atoms with Crippen LogP contribution in [-0.4, -0.2) is 25.0 Å². The van der Waals surface area contributed by atoms with Gasteiger partial charge in [-0.2, -0.15) is 0 Å². The number of carbonyl (C=O) groups is 2. The Hall–Kier alpha value is -2.73. The van der Waals surface area contributed by atoms with E-state index >= 15 is 0 Å². The topological polar surface area (TPSA) is 76.7 Å². The molecule has 0 saturated carbocycles. The van der Waals surface area contributed by atoms with Crippen LogP contribution >= 0.6 is 11.6 Å². The number of nitrogens with one attached hydrogen (secondary N) is 2. The summed E-state index contributed by atoms with van der Waals surface area (Å²) in [7, 11) is 1.48. The lowest BCUT2D eigenvalue weighted by atomic mass is 10.2. The van der Waals surface area contributed by atoms with E-state index in [1.54, 1.807) is 36.4 Å². The molecule has 2 rings (SSSR count). The summed E-state index contributed by atoms with van der Waals surface area (Å²) in [5, 5.41) is 5.89. The molecule has 6 nitrogen and oxygen atoms in total. The average molecular weight is 391 g/mol. The third-order valence-electron chi connectivity index (χ3n) is 3.59. The molecule has 0 atom stereocenters. The van der Waals surface area contributed by atoms with Gasteiger partial charge >= 0.3 is 0 Å². The molecular formula is C20H23ClN2O4. The molecule has 0 spiro atoms. The number of methoxy groups -OCH3 is 1. The number of hydrogen-bond donors (Lipinski definition) is 2. The minimum absolute atomic E-state index is 0.0719. The number of hydrogen-bond acceptors (Lipinski definition) is 4. The zero-order chi connectivity index (χ0) is 20.0. The molecule has 0 bridgehead atoms. The van der Waals surface area contributed by atoms with Crippen LogP contribution in [0.3, 0.4) is 0 Å². The maximum atomic E-state index is 12.2. The minimum Gasteiger partial charge on any atom is -0.495 e. The fourth-order valence-electron chi connectivity index (χ4n) is 2.36. The Morgan fingerprint density at radius 1 is 1.07 bits per heavy atom. The molecule has 0 aliphatic carbocycles. The molecule has 0 radical (unpaired) electrons. The molecule has 0 aromatic heterocycles. The third kappa shape index (κ3) is 6.18. The van der Waals surface area contributed by atoms with Gasteiger partial charge in [0.2, 0.25) is 11.8 Å². The number of amides is 2. The number of rotatable bonds is 7. The van der Waals surface area contributed by atoms with Crippen molar-refractivity contribution in [2.75, 3.05) is 17.7 Å². The van der Waals surface area contributed by atoms with Crippen molar-refractivity contribution in [1.82, 2.24) is 0 Å². The van der Waals surface area contributed by atoms with E-state index in [0.29, 0.717) is 27.9 Å². The van der Waals surface area contributed by atoms with E-state index in [1.165, 1.54) is 7.11 Å². The Morgan fingerprint density at radius 2 is 1.70 bits per heavy atom. The van der Waals surface area contributed by atoms with Crippen LogP contribution in [0.15, 0.2) is 36.4 Å². The highest BCUT2D eigenvalue weighted by Gasteiger charge is 2.14. The van der Waals surface area contributed by atoms with E-state index in [4.69, 9.17) is 21.1 Å². The van der Waals surface area contributed by atoms with Crippen LogP contribution in [-0.2, 0) is 9.59 Å². The summed E-state index contributed by atoms with van der Waals surface area (Å²) in [6, 6.07) is 10.3. The molecule has 0 aliphatic rings. The Kier molecular flexibility index (Phi) is 7.07. The number of benzene rings is 2. The van der Waals surface area contributed by atoms with Gasteiger partial charge < -0.3 is 20.1 Å². The van der Waals surface area contributed by atoms with Gasteiger partial charge in [-0.1, -0.05) is 11.6 Å². The van der Waals surface area contributed by atoms with E-state index in [0.717, 1.165) is 5.56 Å². The van der Waals surface area contributed by atoms with Gasteiger partial charge in [0.05, 0.1) is 18.9 Å². The fraction of sp³-hybridized carbons (Fsp3) is 0.300. The van der Waals surface area contributed by atoms with Crippen LogP contribution in [0.2, 0.25) is 5.02 Å². The number of anilines is 2. The molecule has 0 fully saturated rings. The molecule has 0 saturated heterocycles. The van der Waals surface area contributed by atoms with Crippen molar-refractivity contribution in [3.8, 4) is 11.5 Å². The molecule has 2 N–H and O–H groups in total. The largest absolute Gasteiger partial charge is 0.495 e. The summed E-state index contributed by atoms with van der Waals surface area (Å²) < 4.78 is 10.8. The average Bonchev–Trinajstić information content (AvgIpc) is 2.59. The molecule has 0 aliphatic heterocycles. The van der Waals surface area contributed by atoms with Gasteiger partial charge in [-0.15, -0.1) is 0 Å². The Labute approximate surface area is 163 Å². The summed E-state index contributed by atoms with van der Waals surface area (Å²) >= 11 is 6.05. The van der Waals surface area contributed by atoms with Gasteiger partial charge in [-0.3, -0.25) is 9.59 Å². The highest BCUT2D eigenvalue weighted by molar-refractivity contribution is 6.31. The van der Waals surface area contributed by atoms with Crippen LogP contribution in [0, 0.1) is 6.92 Å². The summed E-state index contributed by atoms with van der Waals surface area (Å²) in [5.41, 5.74) is 1.84. The summed E-state index contributed by atoms with van der Waals surface area (Å²) in [5.74, 6) is 0.271. The standard InChI is InChI=1S/C20H23ClN2O4/c1-12(2)27-15-7-5-14(6-8-15)22-19(24)11-20(25)23-17-9-13(3)16(21)10-18(17)26-4/h5-10,12H,11H2,1-4H3,(H,22,24)(H,23,25). The molecule has 0 heterocycles. The lowest BCUT2D eigenvalue weighted by Gasteiger charge is -2.13. The zero-order valence-electron chi connectivity index (χ0n) is 15.8. The maximum absolute atomic E-state index is 12.2. The smallest absolute Gasteiger partial charge is 0.233 e. The first-order chi connectivity index (χ1) is 12.8. The Bertz CT molecular complexity index is 819. The number of ether oxygens (including phenoxy) is 2. The van der Waals surface area contributed by atoms with E-state index in [9.17, 15) is 9.59 Å². The van der Waals surface area contributed by atoms with E-state index in [-0.39, 0.29) is 12.5 Å². The first-order valence-corrected chi connectivity index (χ1v) is 8.87. The van der Waals surface area contributed by atoms with Gasteiger partial charge in [0.1, 0.15) is 17.9 Å². The van der Waals surface area contributed by atoms with Gasteiger partial charge in [-0.05, 0) is 56.7 Å². The van der Waals surface area contributed by atoms with E-state index in [2.05, 4.69) is 10.6 Å². The van der Waals surface area contributed by atoms with Gasteiger partial charge in [0.25, 0.3) is 0 Å². The molecular weight excluding hydrogens is 368 g/mol. The fourth-order valence-corrected chi connectivity index (χ4v) is 2.52. The summed E-state index contributed by atoms with van der Waals surface area (Å²) in [6.45, 7) is 5.69. The van der Waals surface area contributed by atoms with Gasteiger partial charge in [0.15, 0.2) is 0 Å². The molecule has 2 aromatic rings. The molecule has 7 heteroatoms. The SMILES string of the molecule is COc1cc(Cl)c(C)cc1NC(=O)CC(=O)Nc1ccc(OC(C)C)cc1. The highest BCUT2D eigenvalue weighted by atomic mass is 35.5. The Balaban J connectivity index is 1.94. The first-order valence-electron chi connectivity index (χ1n) is 8.49. The van der Waals surface area contributed by atoms with Crippen LogP contribution in [0.5, 0.6) is 11.5 Å². The predicted molar refractivity (Wildman–Crippen MR) is 107 cm³/mol. The second kappa shape index (κ2) is 9.28. The number of halogens is 1. The molecule has 0 unspecified atom stereocenters. The molecule has 27 heavy (non-hydrogen) atoms.